The molecule has 0 bridgehead atoms. The molecule has 1 amide bonds. The number of hydrogen-bond donors (Lipinski definition) is 1. The van der Waals surface area contributed by atoms with Gasteiger partial charge in [-0.2, -0.15) is 13.2 Å². The molecule has 1 aliphatic rings. The van der Waals surface area contributed by atoms with Crippen molar-refractivity contribution in [3.63, 3.8) is 0 Å². The van der Waals surface area contributed by atoms with E-state index in [0.717, 1.165) is 12.3 Å². The fourth-order valence-corrected chi connectivity index (χ4v) is 2.25. The number of rotatable bonds is 2. The average Bonchev–Trinajstić information content (AvgIpc) is 2.31. The Morgan fingerprint density at radius 2 is 1.95 bits per heavy atom. The molecule has 22 heavy (non-hydrogen) atoms. The van der Waals surface area contributed by atoms with E-state index in [2.05, 4.69) is 10.3 Å². The zero-order valence-electron chi connectivity index (χ0n) is 12.5. The summed E-state index contributed by atoms with van der Waals surface area (Å²) < 4.78 is 37.7. The van der Waals surface area contributed by atoms with Gasteiger partial charge in [0, 0.05) is 24.7 Å². The lowest BCUT2D eigenvalue weighted by atomic mass is 9.94. The van der Waals surface area contributed by atoms with Crippen LogP contribution in [0.15, 0.2) is 12.3 Å². The third-order valence-electron chi connectivity index (χ3n) is 3.35. The molecule has 2 rings (SSSR count). The highest BCUT2D eigenvalue weighted by molar-refractivity contribution is 6.33. The molecule has 4 nitrogen and oxygen atoms in total. The van der Waals surface area contributed by atoms with Gasteiger partial charge in [0.2, 0.25) is 5.91 Å². The highest BCUT2D eigenvalue weighted by atomic mass is 35.5. The second-order valence-corrected chi connectivity index (χ2v) is 6.76. The van der Waals surface area contributed by atoms with Crippen LogP contribution in [0, 0.1) is 5.41 Å². The van der Waals surface area contributed by atoms with Gasteiger partial charge in [-0.25, -0.2) is 4.98 Å². The normalized spacial score (nSPS) is 16.4. The number of nitrogens with one attached hydrogen (secondary N) is 1. The Morgan fingerprint density at radius 1 is 1.36 bits per heavy atom. The number of carbonyl (C=O) groups excluding carboxylic acids is 1. The monoisotopic (exact) mass is 335 g/mol. The minimum atomic E-state index is -4.46. The Labute approximate surface area is 131 Å². The molecular weight excluding hydrogens is 319 g/mol. The van der Waals surface area contributed by atoms with E-state index in [4.69, 9.17) is 11.6 Å². The van der Waals surface area contributed by atoms with Gasteiger partial charge in [0.15, 0.2) is 0 Å². The van der Waals surface area contributed by atoms with Crippen LogP contribution in [0.1, 0.15) is 26.3 Å². The maximum absolute atomic E-state index is 12.6. The first-order valence-corrected chi connectivity index (χ1v) is 7.15. The minimum Gasteiger partial charge on any atom is -0.351 e. The van der Waals surface area contributed by atoms with E-state index in [-0.39, 0.29) is 17.0 Å². The van der Waals surface area contributed by atoms with Crippen molar-refractivity contribution in [1.29, 1.82) is 0 Å². The maximum Gasteiger partial charge on any atom is 0.417 e. The lowest BCUT2D eigenvalue weighted by Gasteiger charge is -2.41. The van der Waals surface area contributed by atoms with E-state index in [9.17, 15) is 18.0 Å². The van der Waals surface area contributed by atoms with E-state index in [1.54, 1.807) is 4.90 Å². The molecule has 1 aliphatic heterocycles. The van der Waals surface area contributed by atoms with Gasteiger partial charge in [0.1, 0.15) is 5.82 Å². The minimum absolute atomic E-state index is 0.0459. The number of amides is 1. The third-order valence-corrected chi connectivity index (χ3v) is 3.62. The zero-order valence-corrected chi connectivity index (χ0v) is 13.2. The molecule has 0 aliphatic carbocycles. The van der Waals surface area contributed by atoms with Crippen LogP contribution in [-0.4, -0.2) is 30.0 Å². The summed E-state index contributed by atoms with van der Waals surface area (Å²) in [6, 6.07) is 0.817. The fraction of sp³-hybridized carbons (Fsp3) is 0.571. The molecule has 1 saturated heterocycles. The van der Waals surface area contributed by atoms with Crippen LogP contribution in [0.5, 0.6) is 0 Å². The lowest BCUT2D eigenvalue weighted by molar-refractivity contribution is -0.137. The largest absolute Gasteiger partial charge is 0.417 e. The molecule has 1 aromatic heterocycles. The number of anilines is 1. The molecular formula is C14H17ClF3N3O. The van der Waals surface area contributed by atoms with Gasteiger partial charge >= 0.3 is 6.18 Å². The van der Waals surface area contributed by atoms with Crippen LogP contribution in [0.3, 0.4) is 0 Å². The Morgan fingerprint density at radius 3 is 2.41 bits per heavy atom. The second kappa shape index (κ2) is 5.61. The lowest BCUT2D eigenvalue weighted by Crippen LogP contribution is -2.61. The average molecular weight is 336 g/mol. The summed E-state index contributed by atoms with van der Waals surface area (Å²) in [4.78, 5) is 17.4. The molecule has 0 atom stereocenters. The van der Waals surface area contributed by atoms with Gasteiger partial charge in [0.05, 0.1) is 16.6 Å². The van der Waals surface area contributed by atoms with Crippen LogP contribution in [-0.2, 0) is 11.0 Å². The Balaban J connectivity index is 1.98. The zero-order chi connectivity index (χ0) is 16.7. The van der Waals surface area contributed by atoms with Crippen molar-refractivity contribution in [1.82, 2.24) is 10.3 Å². The van der Waals surface area contributed by atoms with Crippen molar-refractivity contribution in [2.24, 2.45) is 5.41 Å². The highest BCUT2D eigenvalue weighted by Gasteiger charge is 2.35. The van der Waals surface area contributed by atoms with Crippen LogP contribution in [0.25, 0.3) is 0 Å². The summed E-state index contributed by atoms with van der Waals surface area (Å²) in [6.07, 6.45) is -3.70. The molecule has 1 fully saturated rings. The summed E-state index contributed by atoms with van der Waals surface area (Å²) in [5.41, 5.74) is -1.36. The first-order valence-electron chi connectivity index (χ1n) is 6.77. The Kier molecular flexibility index (Phi) is 4.30. The van der Waals surface area contributed by atoms with E-state index in [1.807, 2.05) is 20.8 Å². The highest BCUT2D eigenvalue weighted by Crippen LogP contribution is 2.34. The molecule has 0 spiro atoms. The van der Waals surface area contributed by atoms with E-state index >= 15 is 0 Å². The first-order chi connectivity index (χ1) is 9.98. The molecule has 0 unspecified atom stereocenters. The Hall–Kier alpha value is -1.50. The topological polar surface area (TPSA) is 45.2 Å². The first kappa shape index (κ1) is 16.9. The van der Waals surface area contributed by atoms with E-state index in [1.165, 1.54) is 0 Å². The summed E-state index contributed by atoms with van der Waals surface area (Å²) in [5.74, 6) is 0.236. The SMILES string of the molecule is CC(C)(C)C(=O)NC1CN(c2ncc(C(F)(F)F)cc2Cl)C1. The standard InChI is InChI=1S/C14H17ClF3N3O/c1-13(2,3)12(22)20-9-6-21(7-9)11-10(15)4-8(5-19-11)14(16,17)18/h4-5,9H,6-7H2,1-3H3,(H,20,22). The molecule has 2 heterocycles. The van der Waals surface area contributed by atoms with Gasteiger partial charge in [-0.3, -0.25) is 4.79 Å². The van der Waals surface area contributed by atoms with Crippen molar-refractivity contribution in [3.05, 3.63) is 22.8 Å². The van der Waals surface area contributed by atoms with Crippen molar-refractivity contribution in [3.8, 4) is 0 Å². The number of halogens is 4. The van der Waals surface area contributed by atoms with Crippen LogP contribution < -0.4 is 10.2 Å². The fourth-order valence-electron chi connectivity index (χ4n) is 1.96. The molecule has 0 aromatic carbocycles. The van der Waals surface area contributed by atoms with Crippen molar-refractivity contribution < 1.29 is 18.0 Å². The van der Waals surface area contributed by atoms with Crippen LogP contribution in [0.4, 0.5) is 19.0 Å². The molecule has 122 valence electrons. The number of alkyl halides is 3. The van der Waals surface area contributed by atoms with Gasteiger partial charge < -0.3 is 10.2 Å². The van der Waals surface area contributed by atoms with Crippen molar-refractivity contribution in [2.75, 3.05) is 18.0 Å². The molecule has 0 saturated carbocycles. The van der Waals surface area contributed by atoms with Crippen LogP contribution in [0.2, 0.25) is 5.02 Å². The molecule has 8 heteroatoms. The quantitative estimate of drug-likeness (QED) is 0.903. The van der Waals surface area contributed by atoms with Crippen molar-refractivity contribution in [2.45, 2.75) is 33.0 Å². The van der Waals surface area contributed by atoms with Gasteiger partial charge in [0.25, 0.3) is 0 Å². The maximum atomic E-state index is 12.6. The molecule has 1 aromatic rings. The predicted molar refractivity (Wildman–Crippen MR) is 77.8 cm³/mol. The van der Waals surface area contributed by atoms with Gasteiger partial charge in [-0.15, -0.1) is 0 Å². The predicted octanol–water partition coefficient (Wildman–Crippen LogP) is 3.10. The summed E-state index contributed by atoms with van der Waals surface area (Å²) in [5, 5.41) is 2.83. The summed E-state index contributed by atoms with van der Waals surface area (Å²) >= 11 is 5.88. The van der Waals surface area contributed by atoms with E-state index < -0.39 is 17.2 Å². The number of aromatic nitrogens is 1. The van der Waals surface area contributed by atoms with Crippen molar-refractivity contribution >= 4 is 23.3 Å². The van der Waals surface area contributed by atoms with Gasteiger partial charge in [-0.05, 0) is 6.07 Å². The number of hydrogen-bond acceptors (Lipinski definition) is 3. The van der Waals surface area contributed by atoms with Crippen LogP contribution >= 0.6 is 11.6 Å². The summed E-state index contributed by atoms with van der Waals surface area (Å²) in [7, 11) is 0. The number of carbonyl (C=O) groups is 1. The Bertz CT molecular complexity index is 578. The third kappa shape index (κ3) is 3.63. The molecule has 0 radical (unpaired) electrons. The second-order valence-electron chi connectivity index (χ2n) is 6.35. The van der Waals surface area contributed by atoms with Gasteiger partial charge in [-0.1, -0.05) is 32.4 Å². The van der Waals surface area contributed by atoms with E-state index in [0.29, 0.717) is 18.9 Å². The molecule has 1 N–H and O–H groups in total. The number of nitrogens with zero attached hydrogens (tertiary/aromatic N) is 2. The smallest absolute Gasteiger partial charge is 0.351 e. The summed E-state index contributed by atoms with van der Waals surface area (Å²) in [6.45, 7) is 6.38. The number of pyridine rings is 1.